The number of carbonyl (C=O) groups excluding carboxylic acids is 2. The zero-order valence-electron chi connectivity index (χ0n) is 13.6. The van der Waals surface area contributed by atoms with Crippen molar-refractivity contribution in [2.75, 3.05) is 6.61 Å². The molecule has 0 aliphatic heterocycles. The van der Waals surface area contributed by atoms with E-state index in [1.165, 1.54) is 6.07 Å². The Bertz CT molecular complexity index is 666. The summed E-state index contributed by atoms with van der Waals surface area (Å²) in [4.78, 5) is 23.0. The third-order valence-corrected chi connectivity index (χ3v) is 3.07. The molecule has 3 N–H and O–H groups in total. The van der Waals surface area contributed by atoms with E-state index >= 15 is 0 Å². The van der Waals surface area contributed by atoms with Crippen LogP contribution < -0.4 is 5.32 Å². The first-order valence-electron chi connectivity index (χ1n) is 7.19. The molecule has 0 bridgehead atoms. The second-order valence-corrected chi connectivity index (χ2v) is 5.44. The molecule has 9 heteroatoms. The Morgan fingerprint density at radius 1 is 1.24 bits per heavy atom. The van der Waals surface area contributed by atoms with Crippen molar-refractivity contribution in [2.24, 2.45) is 0 Å². The molecular weight excluding hydrogens is 343 g/mol. The average Bonchev–Trinajstić information content (AvgIpc) is 2.48. The molecule has 1 unspecified atom stereocenters. The second kappa shape index (κ2) is 8.41. The first-order valence-corrected chi connectivity index (χ1v) is 7.19. The van der Waals surface area contributed by atoms with E-state index in [0.717, 1.165) is 17.7 Å². The number of alkyl halides is 3. The van der Waals surface area contributed by atoms with Crippen LogP contribution in [0.3, 0.4) is 0 Å². The van der Waals surface area contributed by atoms with Crippen LogP contribution in [0.4, 0.5) is 13.2 Å². The minimum absolute atomic E-state index is 0.00654. The van der Waals surface area contributed by atoms with Gasteiger partial charge in [-0.3, -0.25) is 9.59 Å². The summed E-state index contributed by atoms with van der Waals surface area (Å²) in [6.45, 7) is 3.50. The van der Waals surface area contributed by atoms with E-state index in [1.807, 2.05) is 0 Å². The molecule has 1 amide bonds. The predicted molar refractivity (Wildman–Crippen MR) is 81.7 cm³/mol. The number of nitrogens with one attached hydrogen (secondary N) is 1. The van der Waals surface area contributed by atoms with Crippen LogP contribution >= 0.6 is 0 Å². The Balaban J connectivity index is 2.94. The number of carbonyl (C=O) groups is 2. The summed E-state index contributed by atoms with van der Waals surface area (Å²) < 4.78 is 42.3. The van der Waals surface area contributed by atoms with Gasteiger partial charge in [-0.1, -0.05) is 11.6 Å². The van der Waals surface area contributed by atoms with Gasteiger partial charge in [0.1, 0.15) is 6.61 Å². The van der Waals surface area contributed by atoms with Crippen molar-refractivity contribution in [1.29, 1.82) is 0 Å². The average molecular weight is 361 g/mol. The maximum absolute atomic E-state index is 12.5. The van der Waals surface area contributed by atoms with E-state index in [0.29, 0.717) is 0 Å². The molecule has 6 nitrogen and oxygen atoms in total. The van der Waals surface area contributed by atoms with Gasteiger partial charge in [0.2, 0.25) is 0 Å². The van der Waals surface area contributed by atoms with Crippen LogP contribution in [-0.4, -0.2) is 34.9 Å². The Labute approximate surface area is 141 Å². The molecule has 1 atom stereocenters. The maximum Gasteiger partial charge on any atom is 0.471 e. The number of benzene rings is 1. The van der Waals surface area contributed by atoms with Crippen LogP contribution in [0.1, 0.15) is 31.9 Å². The number of allylic oxidation sites excluding steroid dienone is 1. The van der Waals surface area contributed by atoms with Gasteiger partial charge < -0.3 is 20.3 Å². The van der Waals surface area contributed by atoms with Crippen LogP contribution in [0.2, 0.25) is 0 Å². The highest BCUT2D eigenvalue weighted by Gasteiger charge is 2.40. The number of esters is 1. The smallest absolute Gasteiger partial charge is 0.471 e. The lowest BCUT2D eigenvalue weighted by Gasteiger charge is -2.19. The van der Waals surface area contributed by atoms with Gasteiger partial charge in [0.15, 0.2) is 11.5 Å². The van der Waals surface area contributed by atoms with Crippen molar-refractivity contribution in [3.63, 3.8) is 0 Å². The number of halogens is 3. The van der Waals surface area contributed by atoms with Gasteiger partial charge in [-0.2, -0.15) is 13.2 Å². The largest absolute Gasteiger partial charge is 0.504 e. The summed E-state index contributed by atoms with van der Waals surface area (Å²) in [7, 11) is 0. The van der Waals surface area contributed by atoms with Gasteiger partial charge in [0.25, 0.3) is 0 Å². The quantitative estimate of drug-likeness (QED) is 0.411. The summed E-state index contributed by atoms with van der Waals surface area (Å²) in [5, 5.41) is 20.4. The molecule has 0 heterocycles. The van der Waals surface area contributed by atoms with Gasteiger partial charge in [-0.25, -0.2) is 0 Å². The van der Waals surface area contributed by atoms with Crippen molar-refractivity contribution >= 4 is 11.9 Å². The SMILES string of the molecule is CC(C)=CCOC(=O)CC(NC(=O)C(F)(F)F)c1ccc(O)c(O)c1. The summed E-state index contributed by atoms with van der Waals surface area (Å²) >= 11 is 0. The summed E-state index contributed by atoms with van der Waals surface area (Å²) in [6.07, 6.45) is -4.11. The van der Waals surface area contributed by atoms with Crippen molar-refractivity contribution in [3.05, 3.63) is 35.4 Å². The molecule has 1 aromatic carbocycles. The van der Waals surface area contributed by atoms with Crippen molar-refractivity contribution in [1.82, 2.24) is 5.32 Å². The number of phenolic OH excluding ortho intramolecular Hbond substituents is 2. The number of ether oxygens (including phenoxy) is 1. The third kappa shape index (κ3) is 6.74. The summed E-state index contributed by atoms with van der Waals surface area (Å²) in [6, 6.07) is 1.78. The minimum atomic E-state index is -5.14. The summed E-state index contributed by atoms with van der Waals surface area (Å²) in [5.41, 5.74) is 0.894. The van der Waals surface area contributed by atoms with Crippen molar-refractivity contribution < 1.29 is 37.7 Å². The molecule has 0 aliphatic rings. The third-order valence-electron chi connectivity index (χ3n) is 3.07. The van der Waals surface area contributed by atoms with Crippen molar-refractivity contribution in [3.8, 4) is 11.5 Å². The number of aromatic hydroxyl groups is 2. The molecule has 138 valence electrons. The highest BCUT2D eigenvalue weighted by molar-refractivity contribution is 5.83. The first-order chi connectivity index (χ1) is 11.5. The summed E-state index contributed by atoms with van der Waals surface area (Å²) in [5.74, 6) is -4.16. The fourth-order valence-corrected chi connectivity index (χ4v) is 1.78. The van der Waals surface area contributed by atoms with Crippen LogP contribution in [0.15, 0.2) is 29.8 Å². The molecule has 0 aromatic heterocycles. The number of hydrogen-bond donors (Lipinski definition) is 3. The van der Waals surface area contributed by atoms with E-state index in [9.17, 15) is 33.0 Å². The van der Waals surface area contributed by atoms with E-state index in [1.54, 1.807) is 25.2 Å². The van der Waals surface area contributed by atoms with Crippen LogP contribution in [-0.2, 0) is 14.3 Å². The van der Waals surface area contributed by atoms with Crippen molar-refractivity contribution in [2.45, 2.75) is 32.5 Å². The molecule has 0 spiro atoms. The van der Waals surface area contributed by atoms with E-state index in [4.69, 9.17) is 4.74 Å². The predicted octanol–water partition coefficient (Wildman–Crippen LogP) is 2.72. The molecule has 0 fully saturated rings. The Morgan fingerprint density at radius 3 is 2.40 bits per heavy atom. The van der Waals surface area contributed by atoms with Crippen LogP contribution in [0, 0.1) is 0 Å². The molecule has 0 aliphatic carbocycles. The second-order valence-electron chi connectivity index (χ2n) is 5.44. The molecule has 0 saturated carbocycles. The Hall–Kier alpha value is -2.71. The standard InChI is InChI=1S/C16H18F3NO5/c1-9(2)5-6-25-14(23)8-11(20-15(24)16(17,18)19)10-3-4-12(21)13(22)7-10/h3-5,7,11,21-22H,6,8H2,1-2H3,(H,20,24). The molecular formula is C16H18F3NO5. The zero-order valence-corrected chi connectivity index (χ0v) is 13.6. The van der Waals surface area contributed by atoms with E-state index in [-0.39, 0.29) is 12.2 Å². The molecule has 0 radical (unpaired) electrons. The van der Waals surface area contributed by atoms with Gasteiger partial charge in [-0.15, -0.1) is 0 Å². The lowest BCUT2D eigenvalue weighted by molar-refractivity contribution is -0.174. The van der Waals surface area contributed by atoms with E-state index < -0.39 is 42.0 Å². The number of rotatable bonds is 6. The lowest BCUT2D eigenvalue weighted by Crippen LogP contribution is -2.40. The van der Waals surface area contributed by atoms with Crippen LogP contribution in [0.5, 0.6) is 11.5 Å². The number of amides is 1. The highest BCUT2D eigenvalue weighted by atomic mass is 19.4. The molecule has 1 rings (SSSR count). The van der Waals surface area contributed by atoms with Crippen LogP contribution in [0.25, 0.3) is 0 Å². The highest BCUT2D eigenvalue weighted by Crippen LogP contribution is 2.30. The topological polar surface area (TPSA) is 95.9 Å². The fraction of sp³-hybridized carbons (Fsp3) is 0.375. The van der Waals surface area contributed by atoms with E-state index in [2.05, 4.69) is 0 Å². The Morgan fingerprint density at radius 2 is 1.88 bits per heavy atom. The Kier molecular flexibility index (Phi) is 6.84. The van der Waals surface area contributed by atoms with Gasteiger partial charge in [0, 0.05) is 0 Å². The van der Waals surface area contributed by atoms with Gasteiger partial charge in [-0.05, 0) is 37.6 Å². The maximum atomic E-state index is 12.5. The normalized spacial score (nSPS) is 12.2. The number of phenols is 2. The first kappa shape index (κ1) is 20.3. The minimum Gasteiger partial charge on any atom is -0.504 e. The number of hydrogen-bond acceptors (Lipinski definition) is 5. The lowest BCUT2D eigenvalue weighted by atomic mass is 10.0. The zero-order chi connectivity index (χ0) is 19.2. The molecule has 0 saturated heterocycles. The molecule has 25 heavy (non-hydrogen) atoms. The van der Waals surface area contributed by atoms with Gasteiger partial charge in [0.05, 0.1) is 12.5 Å². The molecule has 1 aromatic rings. The monoisotopic (exact) mass is 361 g/mol. The fourth-order valence-electron chi connectivity index (χ4n) is 1.78. The van der Waals surface area contributed by atoms with Gasteiger partial charge >= 0.3 is 18.1 Å².